The molecule has 2 rings (SSSR count). The predicted molar refractivity (Wildman–Crippen MR) is 61.8 cm³/mol. The van der Waals surface area contributed by atoms with Crippen molar-refractivity contribution in [2.75, 3.05) is 0 Å². The normalized spacial score (nSPS) is 10.4. The third kappa shape index (κ3) is 1.81. The second-order valence-electron chi connectivity index (χ2n) is 3.43. The molecular weight excluding hydrogens is 224 g/mol. The second kappa shape index (κ2) is 4.02. The number of carboxylic acid groups (broad SMARTS) is 1. The number of hydrogen-bond acceptors (Lipinski definition) is 4. The summed E-state index contributed by atoms with van der Waals surface area (Å²) in [6.07, 6.45) is 3.42. The van der Waals surface area contributed by atoms with Crippen LogP contribution in [0.1, 0.15) is 20.9 Å². The van der Waals surface area contributed by atoms with E-state index >= 15 is 0 Å². The molecule has 0 aliphatic rings. The van der Waals surface area contributed by atoms with Crippen molar-refractivity contribution in [3.63, 3.8) is 0 Å². The molecule has 82 valence electrons. The number of thiazole rings is 1. The van der Waals surface area contributed by atoms with Crippen LogP contribution in [-0.4, -0.2) is 21.0 Å². The number of aromatic carboxylic acids is 1. The van der Waals surface area contributed by atoms with Crippen molar-refractivity contribution in [1.82, 2.24) is 9.97 Å². The zero-order valence-electron chi connectivity index (χ0n) is 8.89. The van der Waals surface area contributed by atoms with E-state index in [-0.39, 0.29) is 0 Å². The fourth-order valence-electron chi connectivity index (χ4n) is 1.42. The molecule has 0 atom stereocenters. The summed E-state index contributed by atoms with van der Waals surface area (Å²) in [4.78, 5) is 19.5. The van der Waals surface area contributed by atoms with Gasteiger partial charge in [-0.05, 0) is 25.5 Å². The summed E-state index contributed by atoms with van der Waals surface area (Å²) in [6.45, 7) is 3.64. The van der Waals surface area contributed by atoms with Gasteiger partial charge in [-0.3, -0.25) is 4.98 Å². The van der Waals surface area contributed by atoms with Crippen LogP contribution in [0.3, 0.4) is 0 Å². The number of carbonyl (C=O) groups is 1. The molecule has 5 heteroatoms. The second-order valence-corrected chi connectivity index (χ2v) is 4.43. The summed E-state index contributed by atoms with van der Waals surface area (Å²) in [6, 6.07) is 1.85. The highest BCUT2D eigenvalue weighted by Crippen LogP contribution is 2.29. The topological polar surface area (TPSA) is 63.1 Å². The first-order chi connectivity index (χ1) is 7.59. The Hall–Kier alpha value is -1.75. The molecule has 0 aliphatic heterocycles. The van der Waals surface area contributed by atoms with Gasteiger partial charge >= 0.3 is 5.97 Å². The molecule has 0 unspecified atom stereocenters. The van der Waals surface area contributed by atoms with Crippen LogP contribution in [0.25, 0.3) is 10.6 Å². The minimum Gasteiger partial charge on any atom is -0.477 e. The van der Waals surface area contributed by atoms with Crippen molar-refractivity contribution < 1.29 is 9.90 Å². The molecule has 0 bridgehead atoms. The number of hydrogen-bond donors (Lipinski definition) is 1. The highest BCUT2D eigenvalue weighted by molar-refractivity contribution is 7.17. The van der Waals surface area contributed by atoms with Gasteiger partial charge in [-0.1, -0.05) is 0 Å². The molecule has 2 aromatic heterocycles. The number of carboxylic acids is 1. The minimum atomic E-state index is -0.923. The lowest BCUT2D eigenvalue weighted by molar-refractivity contribution is 0.0701. The van der Waals surface area contributed by atoms with Crippen molar-refractivity contribution in [3.05, 3.63) is 34.6 Å². The van der Waals surface area contributed by atoms with Gasteiger partial charge in [0, 0.05) is 18.0 Å². The summed E-state index contributed by atoms with van der Waals surface area (Å²) in [5, 5.41) is 9.68. The molecule has 2 heterocycles. The summed E-state index contributed by atoms with van der Waals surface area (Å²) < 4.78 is 0. The fourth-order valence-corrected chi connectivity index (χ4v) is 2.42. The lowest BCUT2D eigenvalue weighted by Crippen LogP contribution is -1.94. The molecule has 0 radical (unpaired) electrons. The Morgan fingerprint density at radius 3 is 2.75 bits per heavy atom. The Labute approximate surface area is 96.6 Å². The third-order valence-corrected chi connectivity index (χ3v) is 3.42. The van der Waals surface area contributed by atoms with E-state index in [1.807, 2.05) is 13.0 Å². The third-order valence-electron chi connectivity index (χ3n) is 2.24. The van der Waals surface area contributed by atoms with Crippen LogP contribution in [0.2, 0.25) is 0 Å². The van der Waals surface area contributed by atoms with Gasteiger partial charge in [0.2, 0.25) is 0 Å². The Kier molecular flexibility index (Phi) is 2.70. The number of nitrogens with zero attached hydrogens (tertiary/aromatic N) is 2. The summed E-state index contributed by atoms with van der Waals surface area (Å²) in [5.74, 6) is -0.923. The number of aryl methyl sites for hydroxylation is 2. The van der Waals surface area contributed by atoms with E-state index < -0.39 is 5.97 Å². The van der Waals surface area contributed by atoms with Crippen LogP contribution in [-0.2, 0) is 0 Å². The summed E-state index contributed by atoms with van der Waals surface area (Å²) >= 11 is 1.20. The zero-order valence-corrected chi connectivity index (χ0v) is 9.71. The van der Waals surface area contributed by atoms with Gasteiger partial charge in [-0.2, -0.15) is 0 Å². The van der Waals surface area contributed by atoms with Crippen LogP contribution in [0.4, 0.5) is 0 Å². The van der Waals surface area contributed by atoms with Crippen molar-refractivity contribution >= 4 is 17.3 Å². The maximum Gasteiger partial charge on any atom is 0.347 e. The maximum atomic E-state index is 10.9. The predicted octanol–water partition coefficient (Wildman–Crippen LogP) is 2.52. The van der Waals surface area contributed by atoms with E-state index in [0.29, 0.717) is 10.6 Å². The Morgan fingerprint density at radius 2 is 2.19 bits per heavy atom. The molecule has 0 saturated heterocycles. The Balaban J connectivity index is 2.54. The zero-order chi connectivity index (χ0) is 11.7. The maximum absolute atomic E-state index is 10.9. The van der Waals surface area contributed by atoms with E-state index in [0.717, 1.165) is 16.1 Å². The number of rotatable bonds is 2. The van der Waals surface area contributed by atoms with Gasteiger partial charge in [0.15, 0.2) is 0 Å². The molecule has 0 spiro atoms. The first-order valence-corrected chi connectivity index (χ1v) is 5.53. The van der Waals surface area contributed by atoms with E-state index in [4.69, 9.17) is 5.11 Å². The van der Waals surface area contributed by atoms with Crippen molar-refractivity contribution in [2.45, 2.75) is 13.8 Å². The highest BCUT2D eigenvalue weighted by Gasteiger charge is 2.15. The monoisotopic (exact) mass is 234 g/mol. The Bertz CT molecular complexity index is 549. The van der Waals surface area contributed by atoms with E-state index in [1.54, 1.807) is 19.3 Å². The molecule has 0 amide bonds. The quantitative estimate of drug-likeness (QED) is 0.867. The molecule has 0 saturated carbocycles. The lowest BCUT2D eigenvalue weighted by Gasteiger charge is -1.99. The molecule has 2 aromatic rings. The summed E-state index contributed by atoms with van der Waals surface area (Å²) in [5.41, 5.74) is 2.49. The van der Waals surface area contributed by atoms with Crippen LogP contribution in [0.15, 0.2) is 18.5 Å². The van der Waals surface area contributed by atoms with Gasteiger partial charge in [0.05, 0.1) is 5.69 Å². The molecule has 16 heavy (non-hydrogen) atoms. The standard InChI is InChI=1S/C11H10N2O2S/c1-6-5-12-4-3-8(6)10-13-7(2)9(16-10)11(14)15/h3-5H,1-2H3,(H,14,15). The fraction of sp³-hybridized carbons (Fsp3) is 0.182. The SMILES string of the molecule is Cc1cnccc1-c1nc(C)c(C(=O)O)s1. The van der Waals surface area contributed by atoms with Gasteiger partial charge in [0.25, 0.3) is 0 Å². The van der Waals surface area contributed by atoms with Crippen LogP contribution < -0.4 is 0 Å². The largest absolute Gasteiger partial charge is 0.477 e. The molecule has 0 aromatic carbocycles. The van der Waals surface area contributed by atoms with Crippen LogP contribution in [0, 0.1) is 13.8 Å². The van der Waals surface area contributed by atoms with Gasteiger partial charge < -0.3 is 5.11 Å². The van der Waals surface area contributed by atoms with E-state index in [1.165, 1.54) is 11.3 Å². The number of pyridine rings is 1. The average Bonchev–Trinajstić information content (AvgIpc) is 2.61. The molecule has 0 aliphatic carbocycles. The van der Waals surface area contributed by atoms with Crippen molar-refractivity contribution in [2.24, 2.45) is 0 Å². The van der Waals surface area contributed by atoms with Gasteiger partial charge in [-0.15, -0.1) is 11.3 Å². The average molecular weight is 234 g/mol. The number of aromatic nitrogens is 2. The first kappa shape index (κ1) is 10.8. The van der Waals surface area contributed by atoms with Gasteiger partial charge in [0.1, 0.15) is 9.88 Å². The molecule has 0 fully saturated rings. The lowest BCUT2D eigenvalue weighted by atomic mass is 10.2. The minimum absolute atomic E-state index is 0.297. The summed E-state index contributed by atoms with van der Waals surface area (Å²) in [7, 11) is 0. The van der Waals surface area contributed by atoms with Crippen molar-refractivity contribution in [3.8, 4) is 10.6 Å². The van der Waals surface area contributed by atoms with Gasteiger partial charge in [-0.25, -0.2) is 9.78 Å². The highest BCUT2D eigenvalue weighted by atomic mass is 32.1. The van der Waals surface area contributed by atoms with Crippen molar-refractivity contribution in [1.29, 1.82) is 0 Å². The Morgan fingerprint density at radius 1 is 1.44 bits per heavy atom. The molecule has 4 nitrogen and oxygen atoms in total. The van der Waals surface area contributed by atoms with E-state index in [9.17, 15) is 4.79 Å². The van der Waals surface area contributed by atoms with Crippen LogP contribution >= 0.6 is 11.3 Å². The molecule has 1 N–H and O–H groups in total. The molecular formula is C11H10N2O2S. The van der Waals surface area contributed by atoms with Crippen LogP contribution in [0.5, 0.6) is 0 Å². The smallest absolute Gasteiger partial charge is 0.347 e. The van der Waals surface area contributed by atoms with E-state index in [2.05, 4.69) is 9.97 Å². The first-order valence-electron chi connectivity index (χ1n) is 4.71.